The van der Waals surface area contributed by atoms with Crippen molar-refractivity contribution < 1.29 is 4.79 Å². The average Bonchev–Trinajstić information content (AvgIpc) is 3.18. The zero-order chi connectivity index (χ0) is 13.0. The number of rotatable bonds is 6. The molecule has 0 aromatic carbocycles. The van der Waals surface area contributed by atoms with E-state index in [1.807, 2.05) is 6.07 Å². The second-order valence-electron chi connectivity index (χ2n) is 4.78. The smallest absolute Gasteiger partial charge is 0.272 e. The molecule has 0 bridgehead atoms. The van der Waals surface area contributed by atoms with Crippen LogP contribution in [0.1, 0.15) is 23.3 Å². The molecule has 1 amide bonds. The summed E-state index contributed by atoms with van der Waals surface area (Å²) >= 11 is 0. The molecule has 98 valence electrons. The van der Waals surface area contributed by atoms with E-state index in [-0.39, 0.29) is 5.91 Å². The minimum atomic E-state index is -0.0743. The molecule has 0 unspecified atom stereocenters. The molecular weight excluding hydrogens is 228 g/mol. The molecule has 1 aliphatic rings. The summed E-state index contributed by atoms with van der Waals surface area (Å²) in [7, 11) is 3.45. The van der Waals surface area contributed by atoms with Crippen LogP contribution in [-0.4, -0.2) is 49.0 Å². The highest BCUT2D eigenvalue weighted by Crippen LogP contribution is 2.18. The van der Waals surface area contributed by atoms with Gasteiger partial charge in [-0.2, -0.15) is 0 Å². The van der Waals surface area contributed by atoms with Crippen LogP contribution in [0, 0.1) is 0 Å². The van der Waals surface area contributed by atoms with Gasteiger partial charge in [0.15, 0.2) is 0 Å². The van der Waals surface area contributed by atoms with Gasteiger partial charge in [-0.1, -0.05) is 0 Å². The normalized spacial score (nSPS) is 14.3. The number of carbonyl (C=O) groups is 1. The van der Waals surface area contributed by atoms with Crippen LogP contribution in [0.25, 0.3) is 0 Å². The van der Waals surface area contributed by atoms with Gasteiger partial charge in [-0.05, 0) is 25.0 Å². The van der Waals surface area contributed by atoms with E-state index in [0.29, 0.717) is 5.69 Å². The monoisotopic (exact) mass is 248 g/mol. The van der Waals surface area contributed by atoms with Gasteiger partial charge in [0.25, 0.3) is 5.91 Å². The van der Waals surface area contributed by atoms with Crippen molar-refractivity contribution in [2.45, 2.75) is 18.9 Å². The van der Waals surface area contributed by atoms with Gasteiger partial charge < -0.3 is 15.5 Å². The quantitative estimate of drug-likeness (QED) is 0.736. The molecule has 1 aromatic rings. The number of pyridine rings is 1. The number of amides is 1. The van der Waals surface area contributed by atoms with Gasteiger partial charge in [-0.25, -0.2) is 0 Å². The first-order chi connectivity index (χ1) is 8.66. The number of hydrogen-bond donors (Lipinski definition) is 2. The van der Waals surface area contributed by atoms with Gasteiger partial charge in [-0.3, -0.25) is 9.78 Å². The SMILES string of the molecule is CN(C)C(=O)c1cc(NCCNC2CC2)ccn1. The predicted molar refractivity (Wildman–Crippen MR) is 71.8 cm³/mol. The molecule has 1 fully saturated rings. The fraction of sp³-hybridized carbons (Fsp3) is 0.538. The van der Waals surface area contributed by atoms with Crippen molar-refractivity contribution in [3.05, 3.63) is 24.0 Å². The Hall–Kier alpha value is -1.62. The molecule has 5 heteroatoms. The lowest BCUT2D eigenvalue weighted by atomic mass is 10.3. The van der Waals surface area contributed by atoms with Gasteiger partial charge in [-0.15, -0.1) is 0 Å². The first-order valence-corrected chi connectivity index (χ1v) is 6.32. The summed E-state index contributed by atoms with van der Waals surface area (Å²) in [4.78, 5) is 17.4. The summed E-state index contributed by atoms with van der Waals surface area (Å²) in [6, 6.07) is 4.40. The number of nitrogens with zero attached hydrogens (tertiary/aromatic N) is 2. The van der Waals surface area contributed by atoms with Crippen molar-refractivity contribution in [2.24, 2.45) is 0 Å². The lowest BCUT2D eigenvalue weighted by Gasteiger charge is -2.11. The molecule has 2 rings (SSSR count). The average molecular weight is 248 g/mol. The van der Waals surface area contributed by atoms with E-state index in [2.05, 4.69) is 15.6 Å². The molecule has 1 heterocycles. The zero-order valence-electron chi connectivity index (χ0n) is 10.9. The topological polar surface area (TPSA) is 57.3 Å². The highest BCUT2D eigenvalue weighted by Gasteiger charge is 2.19. The van der Waals surface area contributed by atoms with Crippen molar-refractivity contribution in [3.8, 4) is 0 Å². The molecule has 0 spiro atoms. The van der Waals surface area contributed by atoms with Crippen molar-refractivity contribution >= 4 is 11.6 Å². The van der Waals surface area contributed by atoms with Gasteiger partial charge in [0.2, 0.25) is 0 Å². The van der Waals surface area contributed by atoms with Crippen LogP contribution >= 0.6 is 0 Å². The van der Waals surface area contributed by atoms with Crippen molar-refractivity contribution in [2.75, 3.05) is 32.5 Å². The summed E-state index contributed by atoms with van der Waals surface area (Å²) in [5, 5.41) is 6.72. The number of nitrogens with one attached hydrogen (secondary N) is 2. The van der Waals surface area contributed by atoms with Crippen LogP contribution in [-0.2, 0) is 0 Å². The van der Waals surface area contributed by atoms with E-state index in [4.69, 9.17) is 0 Å². The molecule has 1 aliphatic carbocycles. The standard InChI is InChI=1S/C13H20N4O/c1-17(2)13(18)12-9-11(5-6-16-12)15-8-7-14-10-3-4-10/h5-6,9-10,14H,3-4,7-8H2,1-2H3,(H,15,16). The van der Waals surface area contributed by atoms with Gasteiger partial charge in [0.05, 0.1) is 0 Å². The van der Waals surface area contributed by atoms with Crippen molar-refractivity contribution in [1.82, 2.24) is 15.2 Å². The molecular formula is C13H20N4O. The molecule has 0 saturated heterocycles. The Balaban J connectivity index is 1.83. The van der Waals surface area contributed by atoms with E-state index in [9.17, 15) is 4.79 Å². The predicted octanol–water partition coefficient (Wildman–Crippen LogP) is 0.947. The Bertz CT molecular complexity index is 415. The van der Waals surface area contributed by atoms with E-state index in [1.165, 1.54) is 17.7 Å². The fourth-order valence-corrected chi connectivity index (χ4v) is 1.66. The molecule has 0 radical (unpaired) electrons. The number of anilines is 1. The van der Waals surface area contributed by atoms with E-state index >= 15 is 0 Å². The number of aromatic nitrogens is 1. The Kier molecular flexibility index (Phi) is 4.15. The van der Waals surface area contributed by atoms with Crippen molar-refractivity contribution in [1.29, 1.82) is 0 Å². The number of hydrogen-bond acceptors (Lipinski definition) is 4. The Morgan fingerprint density at radius 3 is 2.89 bits per heavy atom. The Morgan fingerprint density at radius 1 is 1.44 bits per heavy atom. The summed E-state index contributed by atoms with van der Waals surface area (Å²) in [5.41, 5.74) is 1.41. The largest absolute Gasteiger partial charge is 0.384 e. The second-order valence-corrected chi connectivity index (χ2v) is 4.78. The molecule has 0 aliphatic heterocycles. The third-order valence-corrected chi connectivity index (χ3v) is 2.85. The maximum absolute atomic E-state index is 11.7. The summed E-state index contributed by atoms with van der Waals surface area (Å²) < 4.78 is 0. The maximum atomic E-state index is 11.7. The van der Waals surface area contributed by atoms with E-state index < -0.39 is 0 Å². The first kappa shape index (κ1) is 12.8. The second kappa shape index (κ2) is 5.82. The fourth-order valence-electron chi connectivity index (χ4n) is 1.66. The molecule has 0 atom stereocenters. The van der Waals surface area contributed by atoms with Gasteiger partial charge >= 0.3 is 0 Å². The maximum Gasteiger partial charge on any atom is 0.272 e. The Morgan fingerprint density at radius 2 is 2.22 bits per heavy atom. The first-order valence-electron chi connectivity index (χ1n) is 6.32. The van der Waals surface area contributed by atoms with E-state index in [1.54, 1.807) is 26.4 Å². The van der Waals surface area contributed by atoms with Gasteiger partial charge in [0, 0.05) is 45.1 Å². The highest BCUT2D eigenvalue weighted by molar-refractivity contribution is 5.92. The van der Waals surface area contributed by atoms with Crippen LogP contribution in [0.3, 0.4) is 0 Å². The lowest BCUT2D eigenvalue weighted by molar-refractivity contribution is 0.0822. The minimum absolute atomic E-state index is 0.0743. The number of carbonyl (C=O) groups excluding carboxylic acids is 1. The van der Waals surface area contributed by atoms with Crippen LogP contribution in [0.15, 0.2) is 18.3 Å². The zero-order valence-corrected chi connectivity index (χ0v) is 10.9. The molecule has 2 N–H and O–H groups in total. The third kappa shape index (κ3) is 3.70. The lowest BCUT2D eigenvalue weighted by Crippen LogP contribution is -2.24. The van der Waals surface area contributed by atoms with Gasteiger partial charge in [0.1, 0.15) is 5.69 Å². The third-order valence-electron chi connectivity index (χ3n) is 2.85. The van der Waals surface area contributed by atoms with Crippen LogP contribution in [0.2, 0.25) is 0 Å². The summed E-state index contributed by atoms with van der Waals surface area (Å²) in [6.07, 6.45) is 4.26. The Labute approximate surface area is 108 Å². The van der Waals surface area contributed by atoms with Crippen LogP contribution < -0.4 is 10.6 Å². The molecule has 1 saturated carbocycles. The molecule has 1 aromatic heterocycles. The molecule has 5 nitrogen and oxygen atoms in total. The van der Waals surface area contributed by atoms with Crippen molar-refractivity contribution in [3.63, 3.8) is 0 Å². The minimum Gasteiger partial charge on any atom is -0.384 e. The highest BCUT2D eigenvalue weighted by atomic mass is 16.2. The summed E-state index contributed by atoms with van der Waals surface area (Å²) in [5.74, 6) is -0.0743. The summed E-state index contributed by atoms with van der Waals surface area (Å²) in [6.45, 7) is 1.81. The van der Waals surface area contributed by atoms with E-state index in [0.717, 1.165) is 24.8 Å². The molecule has 18 heavy (non-hydrogen) atoms. The van der Waals surface area contributed by atoms with Crippen LogP contribution in [0.5, 0.6) is 0 Å². The van der Waals surface area contributed by atoms with Crippen LogP contribution in [0.4, 0.5) is 5.69 Å².